The van der Waals surface area contributed by atoms with Crippen molar-refractivity contribution >= 4 is 34.2 Å². The summed E-state index contributed by atoms with van der Waals surface area (Å²) in [6.45, 7) is 4.39. The molecular weight excluding hydrogens is 448 g/mol. The fourth-order valence-corrected chi connectivity index (χ4v) is 3.96. The number of aromatic hydroxyl groups is 2. The Hall–Kier alpha value is -3.27. The van der Waals surface area contributed by atoms with E-state index in [2.05, 4.69) is 15.1 Å². The Morgan fingerprint density at radius 3 is 2.27 bits per heavy atom. The van der Waals surface area contributed by atoms with E-state index in [0.717, 1.165) is 26.1 Å². The number of azo groups is 1. The molecule has 33 heavy (non-hydrogen) atoms. The Kier molecular flexibility index (Phi) is 7.02. The summed E-state index contributed by atoms with van der Waals surface area (Å²) in [7, 11) is 0. The van der Waals surface area contributed by atoms with Gasteiger partial charge in [-0.2, -0.15) is 0 Å². The molecule has 0 atom stereocenters. The maximum Gasteiger partial charge on any atom is 0.295 e. The zero-order valence-corrected chi connectivity index (χ0v) is 18.5. The van der Waals surface area contributed by atoms with Crippen molar-refractivity contribution in [1.29, 1.82) is 0 Å². The van der Waals surface area contributed by atoms with E-state index in [-0.39, 0.29) is 22.9 Å². The van der Waals surface area contributed by atoms with Crippen LogP contribution in [0.4, 0.5) is 0 Å². The molecule has 0 spiro atoms. The molecule has 1 aliphatic heterocycles. The average Bonchev–Trinajstić information content (AvgIpc) is 3.07. The Bertz CT molecular complexity index is 1220. The number of nitrogens with zero attached hydrogens (tertiary/aromatic N) is 4. The van der Waals surface area contributed by atoms with Gasteiger partial charge in [0.05, 0.1) is 13.2 Å². The molecule has 0 radical (unpaired) electrons. The first kappa shape index (κ1) is 22.9. The van der Waals surface area contributed by atoms with Crippen molar-refractivity contribution in [1.82, 2.24) is 9.47 Å². The zero-order chi connectivity index (χ0) is 23.4. The molecule has 2 amide bonds. The molecule has 0 bridgehead atoms. The molecule has 1 fully saturated rings. The lowest BCUT2D eigenvalue weighted by molar-refractivity contribution is 0.0368. The first-order chi connectivity index (χ1) is 15.9. The summed E-state index contributed by atoms with van der Waals surface area (Å²) < 4.78 is 6.76. The van der Waals surface area contributed by atoms with Crippen molar-refractivity contribution in [3.63, 3.8) is 0 Å². The number of hydrogen-bond donors (Lipinski definition) is 2. The molecule has 0 saturated carbocycles. The number of benzene rings is 2. The Balaban J connectivity index is 1.47. The van der Waals surface area contributed by atoms with Crippen LogP contribution in [0.15, 0.2) is 52.7 Å². The number of hydrogen-bond acceptors (Lipinski definition) is 6. The number of amides is 2. The summed E-state index contributed by atoms with van der Waals surface area (Å²) in [5.74, 6) is -1.64. The molecule has 10 heteroatoms. The van der Waals surface area contributed by atoms with Gasteiger partial charge in [-0.15, -0.1) is 10.2 Å². The van der Waals surface area contributed by atoms with Crippen molar-refractivity contribution in [2.24, 2.45) is 10.2 Å². The molecule has 2 heterocycles. The SMILES string of the molecule is O=C(N=NC(=O)c1ccc2c(O)n(CCCN3CCOCC3)c(O)c2c1)c1cccc(Cl)c1. The van der Waals surface area contributed by atoms with Crippen molar-refractivity contribution in [2.45, 2.75) is 13.0 Å². The van der Waals surface area contributed by atoms with Crippen LogP contribution in [0.3, 0.4) is 0 Å². The van der Waals surface area contributed by atoms with Crippen LogP contribution in [0.1, 0.15) is 27.1 Å². The Morgan fingerprint density at radius 1 is 0.909 bits per heavy atom. The van der Waals surface area contributed by atoms with Gasteiger partial charge in [-0.1, -0.05) is 17.7 Å². The number of morpholine rings is 1. The standard InChI is InChI=1S/C23H23ClN4O5/c24-17-4-1-3-15(13-17)20(29)25-26-21(30)16-5-6-18-19(14-16)23(32)28(22(18)31)8-2-7-27-9-11-33-12-10-27/h1,3-6,13-14,31-32H,2,7-12H2. The van der Waals surface area contributed by atoms with Gasteiger partial charge in [0, 0.05) is 53.1 Å². The lowest BCUT2D eigenvalue weighted by Gasteiger charge is -2.26. The highest BCUT2D eigenvalue weighted by atomic mass is 35.5. The Morgan fingerprint density at radius 2 is 1.58 bits per heavy atom. The smallest absolute Gasteiger partial charge is 0.295 e. The minimum atomic E-state index is -0.744. The van der Waals surface area contributed by atoms with E-state index in [1.165, 1.54) is 34.9 Å². The van der Waals surface area contributed by atoms with Crippen molar-refractivity contribution in [3.8, 4) is 11.8 Å². The lowest BCUT2D eigenvalue weighted by Crippen LogP contribution is -2.37. The van der Waals surface area contributed by atoms with E-state index in [1.807, 2.05) is 0 Å². The number of halogens is 1. The summed E-state index contributed by atoms with van der Waals surface area (Å²) in [5, 5.41) is 29.3. The fraction of sp³-hybridized carbons (Fsp3) is 0.304. The third-order valence-electron chi connectivity index (χ3n) is 5.52. The number of rotatable bonds is 6. The van der Waals surface area contributed by atoms with E-state index in [9.17, 15) is 19.8 Å². The van der Waals surface area contributed by atoms with Gasteiger partial charge in [0.1, 0.15) is 0 Å². The molecule has 9 nitrogen and oxygen atoms in total. The molecule has 2 N–H and O–H groups in total. The van der Waals surface area contributed by atoms with Crippen LogP contribution in [-0.2, 0) is 11.3 Å². The van der Waals surface area contributed by atoms with E-state index < -0.39 is 11.8 Å². The normalized spacial score (nSPS) is 14.8. The highest BCUT2D eigenvalue weighted by molar-refractivity contribution is 6.31. The quantitative estimate of drug-likeness (QED) is 0.528. The summed E-state index contributed by atoms with van der Waals surface area (Å²) in [4.78, 5) is 26.8. The molecule has 1 aromatic heterocycles. The maximum absolute atomic E-state index is 12.4. The summed E-state index contributed by atoms with van der Waals surface area (Å²) in [6, 6.07) is 10.6. The summed E-state index contributed by atoms with van der Waals surface area (Å²) >= 11 is 5.86. The summed E-state index contributed by atoms with van der Waals surface area (Å²) in [6.07, 6.45) is 0.730. The maximum atomic E-state index is 12.4. The van der Waals surface area contributed by atoms with Crippen molar-refractivity contribution in [2.75, 3.05) is 32.8 Å². The Labute approximate surface area is 194 Å². The van der Waals surface area contributed by atoms with Gasteiger partial charge in [-0.05, 0) is 42.8 Å². The number of carbonyl (C=O) groups excluding carboxylic acids is 2. The molecule has 1 saturated heterocycles. The molecule has 2 aromatic carbocycles. The van der Waals surface area contributed by atoms with E-state index >= 15 is 0 Å². The van der Waals surface area contributed by atoms with Gasteiger partial charge in [0.2, 0.25) is 11.8 Å². The number of carbonyl (C=O) groups is 2. The van der Waals surface area contributed by atoms with E-state index in [1.54, 1.807) is 12.1 Å². The lowest BCUT2D eigenvalue weighted by atomic mass is 10.1. The molecular formula is C23H23ClN4O5. The van der Waals surface area contributed by atoms with Gasteiger partial charge in [0.25, 0.3) is 11.8 Å². The monoisotopic (exact) mass is 470 g/mol. The van der Waals surface area contributed by atoms with Crippen LogP contribution in [0.25, 0.3) is 10.8 Å². The first-order valence-electron chi connectivity index (χ1n) is 10.5. The molecule has 3 aromatic rings. The predicted octanol–water partition coefficient (Wildman–Crippen LogP) is 3.86. The van der Waals surface area contributed by atoms with Crippen LogP contribution in [0.2, 0.25) is 5.02 Å². The second-order valence-corrected chi connectivity index (χ2v) is 8.12. The first-order valence-corrected chi connectivity index (χ1v) is 10.9. The molecule has 4 rings (SSSR count). The van der Waals surface area contributed by atoms with E-state index in [4.69, 9.17) is 16.3 Å². The number of ether oxygens (including phenoxy) is 1. The van der Waals surface area contributed by atoms with Gasteiger partial charge in [0.15, 0.2) is 0 Å². The second kappa shape index (κ2) is 10.1. The van der Waals surface area contributed by atoms with Crippen LogP contribution in [0.5, 0.6) is 11.8 Å². The molecule has 172 valence electrons. The largest absolute Gasteiger partial charge is 0.494 e. The van der Waals surface area contributed by atoms with Crippen LogP contribution in [-0.4, -0.2) is 64.3 Å². The average molecular weight is 471 g/mol. The molecule has 1 aliphatic rings. The molecule has 0 aliphatic carbocycles. The number of aromatic nitrogens is 1. The van der Waals surface area contributed by atoms with Gasteiger partial charge in [-0.25, -0.2) is 0 Å². The minimum absolute atomic E-state index is 0.0683. The minimum Gasteiger partial charge on any atom is -0.494 e. The highest BCUT2D eigenvalue weighted by Crippen LogP contribution is 2.37. The van der Waals surface area contributed by atoms with Crippen molar-refractivity contribution in [3.05, 3.63) is 58.6 Å². The van der Waals surface area contributed by atoms with Crippen LogP contribution in [0, 0.1) is 0 Å². The van der Waals surface area contributed by atoms with Gasteiger partial charge < -0.3 is 14.9 Å². The molecule has 0 unspecified atom stereocenters. The summed E-state index contributed by atoms with van der Waals surface area (Å²) in [5.41, 5.74) is 0.345. The van der Waals surface area contributed by atoms with Crippen molar-refractivity contribution < 1.29 is 24.5 Å². The fourth-order valence-electron chi connectivity index (χ4n) is 3.77. The highest BCUT2D eigenvalue weighted by Gasteiger charge is 2.18. The second-order valence-electron chi connectivity index (χ2n) is 7.69. The van der Waals surface area contributed by atoms with Gasteiger partial charge >= 0.3 is 0 Å². The third-order valence-corrected chi connectivity index (χ3v) is 5.76. The topological polar surface area (TPSA) is 117 Å². The van der Waals surface area contributed by atoms with Crippen LogP contribution < -0.4 is 0 Å². The van der Waals surface area contributed by atoms with Crippen LogP contribution >= 0.6 is 11.6 Å². The zero-order valence-electron chi connectivity index (χ0n) is 17.8. The van der Waals surface area contributed by atoms with Gasteiger partial charge in [-0.3, -0.25) is 19.1 Å². The predicted molar refractivity (Wildman–Crippen MR) is 122 cm³/mol. The van der Waals surface area contributed by atoms with E-state index in [0.29, 0.717) is 35.6 Å². The number of fused-ring (bicyclic) bond motifs is 1. The third kappa shape index (κ3) is 5.22.